The first-order valence-electron chi connectivity index (χ1n) is 5.25. The zero-order valence-electron chi connectivity index (χ0n) is 9.81. The Bertz CT molecular complexity index is 611. The number of nitrogens with zero attached hydrogens (tertiary/aromatic N) is 2. The van der Waals surface area contributed by atoms with Gasteiger partial charge in [-0.25, -0.2) is 4.39 Å². The van der Waals surface area contributed by atoms with E-state index in [2.05, 4.69) is 9.84 Å². The van der Waals surface area contributed by atoms with Crippen molar-refractivity contribution in [3.05, 3.63) is 35.8 Å². The van der Waals surface area contributed by atoms with Crippen LogP contribution >= 0.6 is 0 Å². The maximum absolute atomic E-state index is 13.1. The summed E-state index contributed by atoms with van der Waals surface area (Å²) in [6.45, 7) is -3.09. The first-order valence-corrected chi connectivity index (χ1v) is 5.25. The van der Waals surface area contributed by atoms with Crippen molar-refractivity contribution >= 4 is 6.29 Å². The highest BCUT2D eigenvalue weighted by Crippen LogP contribution is 2.32. The van der Waals surface area contributed by atoms with E-state index in [0.29, 0.717) is 6.29 Å². The zero-order chi connectivity index (χ0) is 14.0. The van der Waals surface area contributed by atoms with E-state index in [0.717, 1.165) is 12.1 Å². The van der Waals surface area contributed by atoms with Crippen LogP contribution in [-0.4, -0.2) is 22.7 Å². The fraction of sp³-hybridized carbons (Fsp3) is 0.167. The van der Waals surface area contributed by atoms with Gasteiger partial charge in [-0.15, -0.1) is 0 Å². The molecule has 0 aliphatic heterocycles. The van der Waals surface area contributed by atoms with E-state index < -0.39 is 12.4 Å². The smallest absolute Gasteiger partial charge is 0.387 e. The van der Waals surface area contributed by atoms with Crippen molar-refractivity contribution in [3.63, 3.8) is 0 Å². The molecule has 0 saturated carbocycles. The van der Waals surface area contributed by atoms with Crippen molar-refractivity contribution in [1.82, 2.24) is 9.78 Å². The summed E-state index contributed by atoms with van der Waals surface area (Å²) in [5, 5.41) is 3.99. The number of aryl methyl sites for hydroxylation is 1. The SMILES string of the molecule is Cn1cc(C=O)c(-c2ccc(F)cc2OC(F)F)n1. The number of hydrogen-bond donors (Lipinski definition) is 0. The molecule has 19 heavy (non-hydrogen) atoms. The molecule has 0 aliphatic rings. The predicted octanol–water partition coefficient (Wildman–Crippen LogP) is 2.64. The van der Waals surface area contributed by atoms with Gasteiger partial charge in [-0.2, -0.15) is 13.9 Å². The van der Waals surface area contributed by atoms with Crippen LogP contribution in [0.1, 0.15) is 10.4 Å². The molecule has 0 saturated heterocycles. The molecule has 0 fully saturated rings. The van der Waals surface area contributed by atoms with Crippen LogP contribution in [0, 0.1) is 5.82 Å². The third-order valence-electron chi connectivity index (χ3n) is 2.40. The lowest BCUT2D eigenvalue weighted by Crippen LogP contribution is -2.04. The molecule has 7 heteroatoms. The number of hydrogen-bond acceptors (Lipinski definition) is 3. The van der Waals surface area contributed by atoms with E-state index >= 15 is 0 Å². The third kappa shape index (κ3) is 2.75. The summed E-state index contributed by atoms with van der Waals surface area (Å²) in [5.74, 6) is -1.08. The van der Waals surface area contributed by atoms with Gasteiger partial charge in [0.1, 0.15) is 17.3 Å². The fourth-order valence-corrected chi connectivity index (χ4v) is 1.69. The maximum Gasteiger partial charge on any atom is 0.387 e. The van der Waals surface area contributed by atoms with Crippen molar-refractivity contribution in [3.8, 4) is 17.0 Å². The molecular formula is C12H9F3N2O2. The van der Waals surface area contributed by atoms with Gasteiger partial charge in [-0.1, -0.05) is 0 Å². The second kappa shape index (κ2) is 5.13. The van der Waals surface area contributed by atoms with Gasteiger partial charge in [-0.3, -0.25) is 9.48 Å². The van der Waals surface area contributed by atoms with Crippen LogP contribution in [0.15, 0.2) is 24.4 Å². The predicted molar refractivity (Wildman–Crippen MR) is 60.6 cm³/mol. The lowest BCUT2D eigenvalue weighted by molar-refractivity contribution is -0.0496. The lowest BCUT2D eigenvalue weighted by atomic mass is 10.1. The van der Waals surface area contributed by atoms with Gasteiger partial charge in [-0.05, 0) is 12.1 Å². The summed E-state index contributed by atoms with van der Waals surface area (Å²) in [4.78, 5) is 10.9. The van der Waals surface area contributed by atoms with E-state index in [1.54, 1.807) is 7.05 Å². The molecule has 0 bridgehead atoms. The van der Waals surface area contributed by atoms with Crippen LogP contribution in [0.2, 0.25) is 0 Å². The third-order valence-corrected chi connectivity index (χ3v) is 2.40. The standard InChI is InChI=1S/C12H9F3N2O2/c1-17-5-7(6-18)11(16-17)9-3-2-8(13)4-10(9)19-12(14)15/h2-6,12H,1H3. The van der Waals surface area contributed by atoms with E-state index in [1.165, 1.54) is 16.9 Å². The minimum absolute atomic E-state index is 0.129. The summed E-state index contributed by atoms with van der Waals surface area (Å²) in [5.41, 5.74) is 0.491. The van der Waals surface area contributed by atoms with Gasteiger partial charge in [0.2, 0.25) is 0 Å². The molecule has 100 valence electrons. The Morgan fingerprint density at radius 1 is 1.42 bits per heavy atom. The largest absolute Gasteiger partial charge is 0.434 e. The molecule has 0 spiro atoms. The molecule has 1 aromatic carbocycles. The number of carbonyl (C=O) groups excluding carboxylic acids is 1. The van der Waals surface area contributed by atoms with Crippen LogP contribution in [0.4, 0.5) is 13.2 Å². The number of halogens is 3. The minimum atomic E-state index is -3.09. The van der Waals surface area contributed by atoms with Crippen LogP contribution in [0.25, 0.3) is 11.3 Å². The van der Waals surface area contributed by atoms with Gasteiger partial charge >= 0.3 is 6.61 Å². The number of rotatable bonds is 4. The highest BCUT2D eigenvalue weighted by Gasteiger charge is 2.17. The molecule has 0 atom stereocenters. The van der Waals surface area contributed by atoms with Gasteiger partial charge in [0.05, 0.1) is 5.56 Å². The summed E-state index contributed by atoms with van der Waals surface area (Å²) in [6.07, 6.45) is 1.97. The van der Waals surface area contributed by atoms with Crippen molar-refractivity contribution in [2.75, 3.05) is 0 Å². The monoisotopic (exact) mass is 270 g/mol. The Balaban J connectivity index is 2.57. The Hall–Kier alpha value is -2.31. The van der Waals surface area contributed by atoms with Crippen LogP contribution < -0.4 is 4.74 Å². The maximum atomic E-state index is 13.1. The van der Waals surface area contributed by atoms with E-state index in [-0.39, 0.29) is 22.6 Å². The highest BCUT2D eigenvalue weighted by molar-refractivity contribution is 5.87. The molecule has 4 nitrogen and oxygen atoms in total. The average Bonchev–Trinajstić information content (AvgIpc) is 2.69. The molecule has 2 rings (SSSR count). The van der Waals surface area contributed by atoms with E-state index in [1.807, 2.05) is 0 Å². The number of aldehydes is 1. The summed E-state index contributed by atoms with van der Waals surface area (Å²) < 4.78 is 43.3. The lowest BCUT2D eigenvalue weighted by Gasteiger charge is -2.09. The molecule has 1 aromatic heterocycles. The summed E-state index contributed by atoms with van der Waals surface area (Å²) in [6, 6.07) is 3.14. The molecule has 0 unspecified atom stereocenters. The van der Waals surface area contributed by atoms with Gasteiger partial charge in [0.25, 0.3) is 0 Å². The highest BCUT2D eigenvalue weighted by atomic mass is 19.3. The molecule has 1 heterocycles. The summed E-state index contributed by atoms with van der Waals surface area (Å²) in [7, 11) is 1.58. The Morgan fingerprint density at radius 2 is 2.16 bits per heavy atom. The van der Waals surface area contributed by atoms with Crippen LogP contribution in [0.3, 0.4) is 0 Å². The quantitative estimate of drug-likeness (QED) is 0.802. The Kier molecular flexibility index (Phi) is 3.55. The van der Waals surface area contributed by atoms with Crippen LogP contribution in [-0.2, 0) is 7.05 Å². The van der Waals surface area contributed by atoms with Gasteiger partial charge in [0, 0.05) is 24.9 Å². The van der Waals surface area contributed by atoms with Crippen molar-refractivity contribution in [1.29, 1.82) is 0 Å². The van der Waals surface area contributed by atoms with Crippen molar-refractivity contribution in [2.45, 2.75) is 6.61 Å². The number of alkyl halides is 2. The molecule has 0 N–H and O–H groups in total. The molecule has 0 aliphatic carbocycles. The summed E-state index contributed by atoms with van der Waals surface area (Å²) >= 11 is 0. The minimum Gasteiger partial charge on any atom is -0.434 e. The van der Waals surface area contributed by atoms with E-state index in [4.69, 9.17) is 0 Å². The average molecular weight is 270 g/mol. The molecule has 2 aromatic rings. The first-order chi connectivity index (χ1) is 9.01. The molecule has 0 radical (unpaired) electrons. The zero-order valence-corrected chi connectivity index (χ0v) is 9.81. The topological polar surface area (TPSA) is 44.1 Å². The molecule has 0 amide bonds. The normalized spacial score (nSPS) is 10.8. The Labute approximate surface area is 106 Å². The fourth-order valence-electron chi connectivity index (χ4n) is 1.69. The Morgan fingerprint density at radius 3 is 2.79 bits per heavy atom. The van der Waals surface area contributed by atoms with Crippen molar-refractivity contribution < 1.29 is 22.7 Å². The molecular weight excluding hydrogens is 261 g/mol. The number of ether oxygens (including phenoxy) is 1. The first kappa shape index (κ1) is 13.1. The van der Waals surface area contributed by atoms with Crippen molar-refractivity contribution in [2.24, 2.45) is 7.05 Å². The number of carbonyl (C=O) groups is 1. The second-order valence-electron chi connectivity index (χ2n) is 3.74. The number of benzene rings is 1. The van der Waals surface area contributed by atoms with Gasteiger partial charge in [0.15, 0.2) is 6.29 Å². The van der Waals surface area contributed by atoms with Crippen LogP contribution in [0.5, 0.6) is 5.75 Å². The van der Waals surface area contributed by atoms with E-state index in [9.17, 15) is 18.0 Å². The number of aromatic nitrogens is 2. The second-order valence-corrected chi connectivity index (χ2v) is 3.74. The van der Waals surface area contributed by atoms with Gasteiger partial charge < -0.3 is 4.74 Å².